The van der Waals surface area contributed by atoms with E-state index < -0.39 is 5.82 Å². The Hall–Kier alpha value is -1.92. The number of pyridine rings is 1. The van der Waals surface area contributed by atoms with Gasteiger partial charge in [0.2, 0.25) is 0 Å². The maximum atomic E-state index is 13.6. The van der Waals surface area contributed by atoms with Crippen molar-refractivity contribution < 1.29 is 4.39 Å². The van der Waals surface area contributed by atoms with Gasteiger partial charge in [-0.15, -0.1) is 0 Å². The Bertz CT molecular complexity index is 555. The van der Waals surface area contributed by atoms with Crippen LogP contribution < -0.4 is 0 Å². The van der Waals surface area contributed by atoms with Crippen LogP contribution in [0.5, 0.6) is 0 Å². The van der Waals surface area contributed by atoms with Crippen molar-refractivity contribution in [2.45, 2.75) is 0 Å². The molecule has 0 aliphatic rings. The van der Waals surface area contributed by atoms with Crippen molar-refractivity contribution in [2.75, 3.05) is 0 Å². The van der Waals surface area contributed by atoms with Crippen LogP contribution in [0, 0.1) is 17.1 Å². The van der Waals surface area contributed by atoms with Gasteiger partial charge in [-0.1, -0.05) is 17.7 Å². The van der Waals surface area contributed by atoms with E-state index >= 15 is 0 Å². The molecule has 0 spiro atoms. The summed E-state index contributed by atoms with van der Waals surface area (Å²) >= 11 is 5.91. The second-order valence-electron chi connectivity index (χ2n) is 3.17. The average Bonchev–Trinajstić information content (AvgIpc) is 2.29. The Morgan fingerprint density at radius 2 is 2.12 bits per heavy atom. The number of hydrogen-bond donors (Lipinski definition) is 0. The molecule has 78 valence electrons. The van der Waals surface area contributed by atoms with Crippen LogP contribution in [0.25, 0.3) is 11.1 Å². The minimum absolute atomic E-state index is 0.272. The number of nitriles is 1. The number of nitrogens with zero attached hydrogens (tertiary/aromatic N) is 2. The molecule has 0 N–H and O–H groups in total. The summed E-state index contributed by atoms with van der Waals surface area (Å²) in [6.07, 6.45) is 2.89. The van der Waals surface area contributed by atoms with E-state index in [9.17, 15) is 4.39 Å². The second-order valence-corrected chi connectivity index (χ2v) is 3.58. The lowest BCUT2D eigenvalue weighted by atomic mass is 10.1. The first kappa shape index (κ1) is 10.6. The number of benzene rings is 1. The van der Waals surface area contributed by atoms with E-state index in [0.29, 0.717) is 16.1 Å². The first-order valence-corrected chi connectivity index (χ1v) is 4.89. The molecule has 0 amide bonds. The maximum absolute atomic E-state index is 13.6. The van der Waals surface area contributed by atoms with Gasteiger partial charge < -0.3 is 0 Å². The Labute approximate surface area is 96.9 Å². The summed E-state index contributed by atoms with van der Waals surface area (Å²) in [6.45, 7) is 0. The Morgan fingerprint density at radius 3 is 2.81 bits per heavy atom. The summed E-state index contributed by atoms with van der Waals surface area (Å²) in [6, 6.07) is 7.95. The largest absolute Gasteiger partial charge is 0.263 e. The van der Waals surface area contributed by atoms with Crippen LogP contribution in [0.3, 0.4) is 0 Å². The van der Waals surface area contributed by atoms with Gasteiger partial charge in [-0.3, -0.25) is 4.98 Å². The molecule has 0 saturated carbocycles. The van der Waals surface area contributed by atoms with E-state index in [1.54, 1.807) is 12.1 Å². The number of aromatic nitrogens is 1. The number of hydrogen-bond acceptors (Lipinski definition) is 2. The lowest BCUT2D eigenvalue weighted by molar-refractivity contribution is 0.631. The topological polar surface area (TPSA) is 36.7 Å². The Balaban J connectivity index is 2.64. The fourth-order valence-electron chi connectivity index (χ4n) is 1.41. The van der Waals surface area contributed by atoms with Crippen molar-refractivity contribution in [1.82, 2.24) is 4.98 Å². The van der Waals surface area contributed by atoms with Crippen LogP contribution in [0.1, 0.15) is 5.56 Å². The van der Waals surface area contributed by atoms with Crippen molar-refractivity contribution >= 4 is 11.6 Å². The molecular formula is C12H6ClFN2. The van der Waals surface area contributed by atoms with E-state index in [-0.39, 0.29) is 5.56 Å². The first-order chi connectivity index (χ1) is 7.72. The molecule has 1 heterocycles. The van der Waals surface area contributed by atoms with Crippen LogP contribution in [0.4, 0.5) is 4.39 Å². The second kappa shape index (κ2) is 4.30. The molecule has 0 unspecified atom stereocenters. The number of halogens is 2. The highest BCUT2D eigenvalue weighted by atomic mass is 35.5. The zero-order valence-corrected chi connectivity index (χ0v) is 8.87. The summed E-state index contributed by atoms with van der Waals surface area (Å²) in [7, 11) is 0. The van der Waals surface area contributed by atoms with Gasteiger partial charge in [0.15, 0.2) is 0 Å². The van der Waals surface area contributed by atoms with Gasteiger partial charge in [0.05, 0.1) is 10.6 Å². The van der Waals surface area contributed by atoms with Gasteiger partial charge in [-0.25, -0.2) is 4.39 Å². The van der Waals surface area contributed by atoms with Gasteiger partial charge >= 0.3 is 0 Å². The molecule has 0 aliphatic heterocycles. The van der Waals surface area contributed by atoms with Crippen LogP contribution >= 0.6 is 11.6 Å². The molecule has 2 nitrogen and oxygen atoms in total. The summed E-state index contributed by atoms with van der Waals surface area (Å²) in [4.78, 5) is 3.87. The van der Waals surface area contributed by atoms with Crippen molar-refractivity contribution in [1.29, 1.82) is 5.26 Å². The fraction of sp³-hybridized carbons (Fsp3) is 0. The summed E-state index contributed by atoms with van der Waals surface area (Å²) in [5, 5.41) is 9.03. The number of rotatable bonds is 1. The third kappa shape index (κ3) is 1.88. The maximum Gasteiger partial charge on any atom is 0.132 e. The third-order valence-electron chi connectivity index (χ3n) is 2.12. The van der Waals surface area contributed by atoms with Crippen LogP contribution in [-0.2, 0) is 0 Å². The zero-order chi connectivity index (χ0) is 11.5. The minimum atomic E-state index is -0.426. The molecule has 1 aromatic heterocycles. The quantitative estimate of drug-likeness (QED) is 0.756. The molecule has 1 aromatic carbocycles. The average molecular weight is 233 g/mol. The van der Waals surface area contributed by atoms with Gasteiger partial charge in [-0.2, -0.15) is 5.26 Å². The lowest BCUT2D eigenvalue weighted by Gasteiger charge is -2.05. The highest BCUT2D eigenvalue weighted by Crippen LogP contribution is 2.30. The van der Waals surface area contributed by atoms with Crippen molar-refractivity contribution in [3.63, 3.8) is 0 Å². The molecule has 0 atom stereocenters. The normalized spacial score (nSPS) is 9.81. The highest BCUT2D eigenvalue weighted by molar-refractivity contribution is 6.33. The molecule has 16 heavy (non-hydrogen) atoms. The zero-order valence-electron chi connectivity index (χ0n) is 8.11. The first-order valence-electron chi connectivity index (χ1n) is 4.52. The summed E-state index contributed by atoms with van der Waals surface area (Å²) in [5.41, 5.74) is 1.15. The molecule has 0 aliphatic carbocycles. The van der Waals surface area contributed by atoms with Gasteiger partial charge in [0.25, 0.3) is 0 Å². The Morgan fingerprint density at radius 1 is 1.31 bits per heavy atom. The molecule has 0 saturated heterocycles. The van der Waals surface area contributed by atoms with E-state index in [1.165, 1.54) is 24.5 Å². The lowest BCUT2D eigenvalue weighted by Crippen LogP contribution is -1.88. The molecule has 2 aromatic rings. The van der Waals surface area contributed by atoms with Gasteiger partial charge in [0.1, 0.15) is 11.9 Å². The van der Waals surface area contributed by atoms with E-state index in [4.69, 9.17) is 16.9 Å². The van der Waals surface area contributed by atoms with Crippen molar-refractivity contribution in [3.8, 4) is 17.2 Å². The molecule has 0 fully saturated rings. The molecule has 0 radical (unpaired) electrons. The molecular weight excluding hydrogens is 227 g/mol. The van der Waals surface area contributed by atoms with Gasteiger partial charge in [0, 0.05) is 23.5 Å². The van der Waals surface area contributed by atoms with Crippen LogP contribution in [0.2, 0.25) is 5.02 Å². The van der Waals surface area contributed by atoms with Crippen LogP contribution in [-0.4, -0.2) is 4.98 Å². The van der Waals surface area contributed by atoms with E-state index in [0.717, 1.165) is 0 Å². The third-order valence-corrected chi connectivity index (χ3v) is 2.43. The fourth-order valence-corrected chi connectivity index (χ4v) is 1.68. The smallest absolute Gasteiger partial charge is 0.132 e. The minimum Gasteiger partial charge on any atom is -0.263 e. The standard InChI is InChI=1S/C12H6ClFN2/c13-10-2-1-3-11(14)12(10)9-4-8(5-15)6-16-7-9/h1-4,6-7H. The Kier molecular flexibility index (Phi) is 2.84. The molecule has 2 rings (SSSR count). The van der Waals surface area contributed by atoms with E-state index in [1.807, 2.05) is 6.07 Å². The highest BCUT2D eigenvalue weighted by Gasteiger charge is 2.10. The van der Waals surface area contributed by atoms with Crippen LogP contribution in [0.15, 0.2) is 36.7 Å². The monoisotopic (exact) mass is 232 g/mol. The summed E-state index contributed by atoms with van der Waals surface area (Å²) in [5.74, 6) is -0.426. The molecule has 4 heteroatoms. The predicted octanol–water partition coefficient (Wildman–Crippen LogP) is 3.41. The predicted molar refractivity (Wildman–Crippen MR) is 59.4 cm³/mol. The van der Waals surface area contributed by atoms with Gasteiger partial charge in [-0.05, 0) is 18.2 Å². The summed E-state index contributed by atoms with van der Waals surface area (Å²) < 4.78 is 13.6. The van der Waals surface area contributed by atoms with E-state index in [2.05, 4.69) is 4.98 Å². The molecule has 0 bridgehead atoms. The SMILES string of the molecule is N#Cc1cncc(-c2c(F)cccc2Cl)c1. The van der Waals surface area contributed by atoms with Crippen molar-refractivity contribution in [2.24, 2.45) is 0 Å². The van der Waals surface area contributed by atoms with Crippen molar-refractivity contribution in [3.05, 3.63) is 53.1 Å².